The van der Waals surface area contributed by atoms with Gasteiger partial charge in [0.05, 0.1) is 0 Å². The zero-order valence-electron chi connectivity index (χ0n) is 6.89. The van der Waals surface area contributed by atoms with E-state index in [9.17, 15) is 4.39 Å². The molecule has 0 N–H and O–H groups in total. The van der Waals surface area contributed by atoms with Crippen LogP contribution >= 0.6 is 0 Å². The van der Waals surface area contributed by atoms with Gasteiger partial charge in [0.25, 0.3) is 0 Å². The number of hydrogen-bond acceptors (Lipinski definition) is 0. The molecule has 0 heterocycles. The van der Waals surface area contributed by atoms with E-state index >= 15 is 0 Å². The van der Waals surface area contributed by atoms with Crippen molar-refractivity contribution in [3.63, 3.8) is 0 Å². The summed E-state index contributed by atoms with van der Waals surface area (Å²) in [6.07, 6.45) is 0. The first-order valence-electron chi connectivity index (χ1n) is 3.72. The molecule has 0 saturated carbocycles. The molecule has 0 bridgehead atoms. The van der Waals surface area contributed by atoms with Crippen molar-refractivity contribution in [2.45, 2.75) is 19.1 Å². The van der Waals surface area contributed by atoms with E-state index < -0.39 is 0 Å². The molecule has 11 heavy (non-hydrogen) atoms. The Morgan fingerprint density at radius 3 is 2.45 bits per heavy atom. The molecule has 2 heteroatoms. The van der Waals surface area contributed by atoms with Crippen LogP contribution in [0, 0.1) is 5.82 Å². The third-order valence-corrected chi connectivity index (χ3v) is 2.59. The predicted octanol–water partition coefficient (Wildman–Crippen LogP) is 2.66. The molecule has 59 valence electrons. The zero-order chi connectivity index (χ0) is 8.27. The van der Waals surface area contributed by atoms with Gasteiger partial charge in [0.1, 0.15) is 5.82 Å². The first-order valence-corrected chi connectivity index (χ1v) is 6.43. The summed E-state index contributed by atoms with van der Waals surface area (Å²) in [5, 5.41) is 0. The summed E-state index contributed by atoms with van der Waals surface area (Å²) >= 11 is 0. The van der Waals surface area contributed by atoms with E-state index in [2.05, 4.69) is 13.1 Å². The normalized spacial score (nSPS) is 10.5. The van der Waals surface area contributed by atoms with Crippen LogP contribution in [0.15, 0.2) is 24.3 Å². The monoisotopic (exact) mass is 167 g/mol. The molecule has 1 radical (unpaired) electrons. The van der Waals surface area contributed by atoms with Gasteiger partial charge in [-0.15, -0.1) is 0 Å². The van der Waals surface area contributed by atoms with Crippen molar-refractivity contribution in [2.24, 2.45) is 0 Å². The molecule has 1 rings (SSSR count). The van der Waals surface area contributed by atoms with Crippen LogP contribution in [0.3, 0.4) is 0 Å². The van der Waals surface area contributed by atoms with E-state index in [1.165, 1.54) is 6.07 Å². The fourth-order valence-corrected chi connectivity index (χ4v) is 2.07. The van der Waals surface area contributed by atoms with Crippen molar-refractivity contribution in [1.82, 2.24) is 0 Å². The Balaban J connectivity index is 2.78. The second-order valence-corrected chi connectivity index (χ2v) is 5.74. The van der Waals surface area contributed by atoms with Crippen molar-refractivity contribution >= 4 is 8.80 Å². The molecular weight excluding hydrogens is 155 g/mol. The Morgan fingerprint density at radius 1 is 1.27 bits per heavy atom. The van der Waals surface area contributed by atoms with Crippen molar-refractivity contribution in [3.8, 4) is 0 Å². The summed E-state index contributed by atoms with van der Waals surface area (Å²) in [4.78, 5) is 0. The molecule has 0 aliphatic heterocycles. The second kappa shape index (κ2) is 3.67. The van der Waals surface area contributed by atoms with Gasteiger partial charge in [0, 0.05) is 8.80 Å². The van der Waals surface area contributed by atoms with E-state index in [-0.39, 0.29) is 14.6 Å². The van der Waals surface area contributed by atoms with Crippen molar-refractivity contribution in [3.05, 3.63) is 35.6 Å². The first-order chi connectivity index (χ1) is 5.20. The maximum atomic E-state index is 13.0. The highest BCUT2D eigenvalue weighted by Gasteiger charge is 2.02. The lowest BCUT2D eigenvalue weighted by atomic mass is 10.2. The molecule has 1 aromatic rings. The molecule has 0 aromatic heterocycles. The highest BCUT2D eigenvalue weighted by molar-refractivity contribution is 6.55. The minimum Gasteiger partial charge on any atom is -0.207 e. The van der Waals surface area contributed by atoms with E-state index in [4.69, 9.17) is 0 Å². The zero-order valence-corrected chi connectivity index (χ0v) is 7.89. The molecule has 0 amide bonds. The van der Waals surface area contributed by atoms with Gasteiger partial charge in [0.2, 0.25) is 0 Å². The fraction of sp³-hybridized carbons (Fsp3) is 0.333. The summed E-state index contributed by atoms with van der Waals surface area (Å²) in [5.41, 5.74) is 0.867. The standard InChI is InChI=1S/C9H12FSi/c1-11(2)7-8-5-3-4-6-9(8)10/h3-6H,7H2,1-2H3. The van der Waals surface area contributed by atoms with Crippen LogP contribution in [-0.4, -0.2) is 8.80 Å². The molecule has 0 fully saturated rings. The Hall–Kier alpha value is -0.633. The number of hydrogen-bond donors (Lipinski definition) is 0. The predicted molar refractivity (Wildman–Crippen MR) is 47.6 cm³/mol. The molecule has 0 aliphatic carbocycles. The van der Waals surface area contributed by atoms with Crippen LogP contribution in [0.5, 0.6) is 0 Å². The summed E-state index contributed by atoms with van der Waals surface area (Å²) in [7, 11) is -0.349. The lowest BCUT2D eigenvalue weighted by Gasteiger charge is -2.03. The van der Waals surface area contributed by atoms with Crippen LogP contribution in [0.1, 0.15) is 5.56 Å². The van der Waals surface area contributed by atoms with Crippen LogP contribution in [-0.2, 0) is 6.04 Å². The van der Waals surface area contributed by atoms with E-state index in [0.29, 0.717) is 0 Å². The topological polar surface area (TPSA) is 0 Å². The van der Waals surface area contributed by atoms with Crippen LogP contribution in [0.2, 0.25) is 13.1 Å². The number of rotatable bonds is 2. The first kappa shape index (κ1) is 8.46. The molecule has 0 atom stereocenters. The summed E-state index contributed by atoms with van der Waals surface area (Å²) in [6.45, 7) is 4.38. The van der Waals surface area contributed by atoms with Gasteiger partial charge in [-0.05, 0) is 17.7 Å². The van der Waals surface area contributed by atoms with Crippen LogP contribution in [0.25, 0.3) is 0 Å². The molecule has 0 saturated heterocycles. The molecule has 0 unspecified atom stereocenters. The van der Waals surface area contributed by atoms with E-state index in [1.54, 1.807) is 6.07 Å². The van der Waals surface area contributed by atoms with Gasteiger partial charge in [-0.1, -0.05) is 31.3 Å². The molecule has 0 nitrogen and oxygen atoms in total. The molecule has 0 aliphatic rings. The highest BCUT2D eigenvalue weighted by atomic mass is 28.3. The van der Waals surface area contributed by atoms with Crippen LogP contribution < -0.4 is 0 Å². The minimum atomic E-state index is -0.349. The second-order valence-electron chi connectivity index (χ2n) is 2.98. The largest absolute Gasteiger partial charge is 0.207 e. The smallest absolute Gasteiger partial charge is 0.126 e. The summed E-state index contributed by atoms with van der Waals surface area (Å²) in [6, 6.07) is 7.95. The van der Waals surface area contributed by atoms with Crippen molar-refractivity contribution in [2.75, 3.05) is 0 Å². The summed E-state index contributed by atoms with van der Waals surface area (Å²) < 4.78 is 13.0. The van der Waals surface area contributed by atoms with E-state index in [0.717, 1.165) is 11.6 Å². The number of benzene rings is 1. The average molecular weight is 167 g/mol. The van der Waals surface area contributed by atoms with Gasteiger partial charge in [-0.3, -0.25) is 0 Å². The quantitative estimate of drug-likeness (QED) is 0.594. The van der Waals surface area contributed by atoms with Gasteiger partial charge in [0.15, 0.2) is 0 Å². The van der Waals surface area contributed by atoms with E-state index in [1.807, 2.05) is 12.1 Å². The Morgan fingerprint density at radius 2 is 1.91 bits per heavy atom. The van der Waals surface area contributed by atoms with Gasteiger partial charge >= 0.3 is 0 Å². The molecule has 0 spiro atoms. The Kier molecular flexibility index (Phi) is 2.82. The lowest BCUT2D eigenvalue weighted by Crippen LogP contribution is -2.06. The highest BCUT2D eigenvalue weighted by Crippen LogP contribution is 2.08. The lowest BCUT2D eigenvalue weighted by molar-refractivity contribution is 0.616. The number of halogens is 1. The maximum absolute atomic E-state index is 13.0. The maximum Gasteiger partial charge on any atom is 0.126 e. The SMILES string of the molecule is C[Si](C)Cc1ccccc1F. The third kappa shape index (κ3) is 2.46. The van der Waals surface area contributed by atoms with Crippen LogP contribution in [0.4, 0.5) is 4.39 Å². The average Bonchev–Trinajstić information content (AvgIpc) is 1.93. The fourth-order valence-electron chi connectivity index (χ4n) is 1.02. The van der Waals surface area contributed by atoms with Crippen molar-refractivity contribution in [1.29, 1.82) is 0 Å². The van der Waals surface area contributed by atoms with Gasteiger partial charge < -0.3 is 0 Å². The summed E-state index contributed by atoms with van der Waals surface area (Å²) in [5.74, 6) is -0.0568. The van der Waals surface area contributed by atoms with Gasteiger partial charge in [-0.2, -0.15) is 0 Å². The Bertz CT molecular complexity index is 233. The third-order valence-electron chi connectivity index (χ3n) is 1.50. The molecule has 1 aromatic carbocycles. The van der Waals surface area contributed by atoms with Gasteiger partial charge in [-0.25, -0.2) is 4.39 Å². The Labute approximate surface area is 68.7 Å². The molecular formula is C9H12FSi. The minimum absolute atomic E-state index is 0.0568. The van der Waals surface area contributed by atoms with Crippen molar-refractivity contribution < 1.29 is 4.39 Å².